The van der Waals surface area contributed by atoms with Gasteiger partial charge in [0.15, 0.2) is 0 Å². The van der Waals surface area contributed by atoms with E-state index in [1.165, 1.54) is 38.5 Å². The third kappa shape index (κ3) is 16.0. The van der Waals surface area contributed by atoms with Crippen molar-refractivity contribution in [2.45, 2.75) is 110 Å². The lowest BCUT2D eigenvalue weighted by atomic mass is 10.1. The highest BCUT2D eigenvalue weighted by Crippen LogP contribution is 2.13. The fourth-order valence-corrected chi connectivity index (χ4v) is 3.41. The van der Waals surface area contributed by atoms with Crippen LogP contribution in [0.25, 0.3) is 0 Å². The second-order valence-electron chi connectivity index (χ2n) is 8.10. The van der Waals surface area contributed by atoms with E-state index in [1.54, 1.807) is 12.1 Å². The first-order valence-electron chi connectivity index (χ1n) is 12.1. The Labute approximate surface area is 183 Å². The number of rotatable bonds is 19. The molecule has 0 saturated carbocycles. The molecule has 4 heteroatoms. The van der Waals surface area contributed by atoms with Crippen LogP contribution in [0.5, 0.6) is 5.75 Å². The lowest BCUT2D eigenvalue weighted by molar-refractivity contribution is -0.144. The van der Waals surface area contributed by atoms with Crippen LogP contribution >= 0.6 is 0 Å². The van der Waals surface area contributed by atoms with E-state index in [0.717, 1.165) is 51.4 Å². The first-order valence-corrected chi connectivity index (χ1v) is 12.1. The number of ether oxygens (including phenoxy) is 2. The van der Waals surface area contributed by atoms with Crippen molar-refractivity contribution in [2.75, 3.05) is 6.61 Å². The molecule has 0 amide bonds. The van der Waals surface area contributed by atoms with E-state index in [2.05, 4.69) is 6.92 Å². The average Bonchev–Trinajstić information content (AvgIpc) is 2.75. The molecule has 0 aromatic heterocycles. The SMILES string of the molecule is CCCCCCCCCCOC(=O)CCCCCCCCC(=O)Oc1ccccc1. The summed E-state index contributed by atoms with van der Waals surface area (Å²) >= 11 is 0. The van der Waals surface area contributed by atoms with Crippen molar-refractivity contribution in [2.24, 2.45) is 0 Å². The molecule has 0 heterocycles. The van der Waals surface area contributed by atoms with Gasteiger partial charge in [0.05, 0.1) is 6.61 Å². The first kappa shape index (κ1) is 26.2. The minimum atomic E-state index is -0.166. The summed E-state index contributed by atoms with van der Waals surface area (Å²) in [5, 5.41) is 0. The maximum atomic E-state index is 11.7. The van der Waals surface area contributed by atoms with Gasteiger partial charge in [0.1, 0.15) is 5.75 Å². The molecule has 0 aliphatic rings. The molecule has 4 nitrogen and oxygen atoms in total. The molecule has 0 N–H and O–H groups in total. The second-order valence-corrected chi connectivity index (χ2v) is 8.10. The molecule has 0 radical (unpaired) electrons. The normalized spacial score (nSPS) is 10.7. The van der Waals surface area contributed by atoms with E-state index in [9.17, 15) is 9.59 Å². The maximum Gasteiger partial charge on any atom is 0.311 e. The summed E-state index contributed by atoms with van der Waals surface area (Å²) in [5.41, 5.74) is 0. The molecule has 0 bridgehead atoms. The van der Waals surface area contributed by atoms with Crippen LogP contribution in [-0.2, 0) is 14.3 Å². The van der Waals surface area contributed by atoms with Crippen LogP contribution < -0.4 is 4.74 Å². The Morgan fingerprint density at radius 3 is 1.73 bits per heavy atom. The molecule has 30 heavy (non-hydrogen) atoms. The molecule has 0 aliphatic heterocycles. The number of hydrogen-bond acceptors (Lipinski definition) is 4. The molecule has 0 atom stereocenters. The van der Waals surface area contributed by atoms with Gasteiger partial charge in [-0.25, -0.2) is 0 Å². The van der Waals surface area contributed by atoms with Crippen LogP contribution in [0.3, 0.4) is 0 Å². The fourth-order valence-electron chi connectivity index (χ4n) is 3.41. The van der Waals surface area contributed by atoms with E-state index in [1.807, 2.05) is 18.2 Å². The molecular formula is C26H42O4. The summed E-state index contributed by atoms with van der Waals surface area (Å²) in [4.78, 5) is 23.5. The Hall–Kier alpha value is -1.84. The number of esters is 2. The lowest BCUT2D eigenvalue weighted by Crippen LogP contribution is -2.07. The van der Waals surface area contributed by atoms with Gasteiger partial charge in [0.2, 0.25) is 0 Å². The second kappa shape index (κ2) is 19.1. The predicted molar refractivity (Wildman–Crippen MR) is 123 cm³/mol. The summed E-state index contributed by atoms with van der Waals surface area (Å²) in [5.74, 6) is 0.388. The zero-order chi connectivity index (χ0) is 21.7. The van der Waals surface area contributed by atoms with E-state index < -0.39 is 0 Å². The van der Waals surface area contributed by atoms with Crippen molar-refractivity contribution in [1.82, 2.24) is 0 Å². The Morgan fingerprint density at radius 1 is 0.633 bits per heavy atom. The predicted octanol–water partition coefficient (Wildman–Crippen LogP) is 7.40. The minimum Gasteiger partial charge on any atom is -0.466 e. The zero-order valence-electron chi connectivity index (χ0n) is 19.0. The van der Waals surface area contributed by atoms with Crippen LogP contribution in [0.2, 0.25) is 0 Å². The van der Waals surface area contributed by atoms with Gasteiger partial charge in [-0.15, -0.1) is 0 Å². The highest BCUT2D eigenvalue weighted by molar-refractivity contribution is 5.72. The zero-order valence-corrected chi connectivity index (χ0v) is 19.0. The summed E-state index contributed by atoms with van der Waals surface area (Å²) in [6.07, 6.45) is 17.0. The monoisotopic (exact) mass is 418 g/mol. The van der Waals surface area contributed by atoms with Crippen molar-refractivity contribution in [3.63, 3.8) is 0 Å². The van der Waals surface area contributed by atoms with E-state index in [0.29, 0.717) is 25.2 Å². The van der Waals surface area contributed by atoms with Crippen LogP contribution in [0, 0.1) is 0 Å². The van der Waals surface area contributed by atoms with Gasteiger partial charge in [-0.3, -0.25) is 9.59 Å². The molecule has 1 aromatic rings. The molecule has 0 fully saturated rings. The third-order valence-corrected chi connectivity index (χ3v) is 5.25. The fraction of sp³-hybridized carbons (Fsp3) is 0.692. The lowest BCUT2D eigenvalue weighted by Gasteiger charge is -2.06. The van der Waals surface area contributed by atoms with Crippen molar-refractivity contribution in [1.29, 1.82) is 0 Å². The Kier molecular flexibility index (Phi) is 16.7. The van der Waals surface area contributed by atoms with Gasteiger partial charge in [0.25, 0.3) is 0 Å². The third-order valence-electron chi connectivity index (χ3n) is 5.25. The quantitative estimate of drug-likeness (QED) is 0.133. The highest BCUT2D eigenvalue weighted by Gasteiger charge is 2.05. The topological polar surface area (TPSA) is 52.6 Å². The summed E-state index contributed by atoms with van der Waals surface area (Å²) in [7, 11) is 0. The van der Waals surface area contributed by atoms with E-state index in [-0.39, 0.29) is 11.9 Å². The minimum absolute atomic E-state index is 0.0541. The summed E-state index contributed by atoms with van der Waals surface area (Å²) in [6.45, 7) is 2.82. The van der Waals surface area contributed by atoms with Crippen molar-refractivity contribution >= 4 is 11.9 Å². The molecule has 0 saturated heterocycles. The maximum absolute atomic E-state index is 11.7. The molecular weight excluding hydrogens is 376 g/mol. The molecule has 170 valence electrons. The van der Waals surface area contributed by atoms with Gasteiger partial charge in [-0.05, 0) is 31.4 Å². The molecule has 0 unspecified atom stereocenters. The van der Waals surface area contributed by atoms with Gasteiger partial charge in [0, 0.05) is 12.8 Å². The Morgan fingerprint density at radius 2 is 1.13 bits per heavy atom. The smallest absolute Gasteiger partial charge is 0.311 e. The van der Waals surface area contributed by atoms with Crippen LogP contribution in [-0.4, -0.2) is 18.5 Å². The number of unbranched alkanes of at least 4 members (excludes halogenated alkanes) is 12. The van der Waals surface area contributed by atoms with Gasteiger partial charge in [-0.2, -0.15) is 0 Å². The number of benzene rings is 1. The van der Waals surface area contributed by atoms with Crippen LogP contribution in [0.4, 0.5) is 0 Å². The number of carbonyl (C=O) groups is 2. The van der Waals surface area contributed by atoms with Gasteiger partial charge in [-0.1, -0.05) is 95.8 Å². The van der Waals surface area contributed by atoms with Crippen LogP contribution in [0.1, 0.15) is 110 Å². The number of hydrogen-bond donors (Lipinski definition) is 0. The van der Waals surface area contributed by atoms with Gasteiger partial charge >= 0.3 is 11.9 Å². The van der Waals surface area contributed by atoms with Gasteiger partial charge < -0.3 is 9.47 Å². The summed E-state index contributed by atoms with van der Waals surface area (Å²) < 4.78 is 10.6. The molecule has 1 rings (SSSR count). The first-order chi connectivity index (χ1) is 14.7. The standard InChI is InChI=1S/C26H42O4/c1-2-3-4-5-6-9-12-18-23-29-25(27)21-16-10-7-8-11-17-22-26(28)30-24-19-14-13-15-20-24/h13-15,19-20H,2-12,16-18,21-23H2,1H3. The number of para-hydroxylation sites is 1. The molecule has 0 spiro atoms. The summed E-state index contributed by atoms with van der Waals surface area (Å²) in [6, 6.07) is 9.19. The Balaban J connectivity index is 1.82. The average molecular weight is 419 g/mol. The van der Waals surface area contributed by atoms with Crippen molar-refractivity contribution < 1.29 is 19.1 Å². The van der Waals surface area contributed by atoms with Crippen molar-refractivity contribution in [3.8, 4) is 5.75 Å². The molecule has 0 aliphatic carbocycles. The largest absolute Gasteiger partial charge is 0.466 e. The molecule has 1 aromatic carbocycles. The van der Waals surface area contributed by atoms with E-state index >= 15 is 0 Å². The Bertz CT molecular complexity index is 541. The van der Waals surface area contributed by atoms with E-state index in [4.69, 9.17) is 9.47 Å². The van der Waals surface area contributed by atoms with Crippen molar-refractivity contribution in [3.05, 3.63) is 30.3 Å². The van der Waals surface area contributed by atoms with Crippen LogP contribution in [0.15, 0.2) is 30.3 Å². The highest BCUT2D eigenvalue weighted by atomic mass is 16.5. The number of carbonyl (C=O) groups excluding carboxylic acids is 2.